The third-order valence-corrected chi connectivity index (χ3v) is 4.14. The van der Waals surface area contributed by atoms with Crippen molar-refractivity contribution >= 4 is 5.91 Å². The van der Waals surface area contributed by atoms with Crippen LogP contribution < -0.4 is 5.32 Å². The number of nitrogens with one attached hydrogen (secondary N) is 1. The van der Waals surface area contributed by atoms with E-state index in [9.17, 15) is 18.0 Å². The standard InChI is InChI=1S/C16H21F3N2O2/c1-3-21-6-4-13(20-14(22)5-7-23-2)16(21)10-8-11(17)15(19)12(18)9-10/h8-9,13,16H,3-7H2,1-2H3,(H,20,22)/t13-,16+/m1/s1. The van der Waals surface area contributed by atoms with Crippen molar-refractivity contribution in [3.05, 3.63) is 35.1 Å². The quantitative estimate of drug-likeness (QED) is 0.815. The third kappa shape index (κ3) is 4.03. The van der Waals surface area contributed by atoms with E-state index in [4.69, 9.17) is 4.74 Å². The number of likely N-dealkylation sites (tertiary alicyclic amines) is 1. The number of halogens is 3. The van der Waals surface area contributed by atoms with Gasteiger partial charge in [-0.1, -0.05) is 6.92 Å². The van der Waals surface area contributed by atoms with Crippen LogP contribution in [0.25, 0.3) is 0 Å². The number of hydrogen-bond acceptors (Lipinski definition) is 3. The molecule has 1 heterocycles. The molecule has 0 radical (unpaired) electrons. The zero-order valence-corrected chi connectivity index (χ0v) is 13.2. The molecule has 1 aromatic rings. The molecule has 23 heavy (non-hydrogen) atoms. The van der Waals surface area contributed by atoms with Crippen molar-refractivity contribution in [2.24, 2.45) is 0 Å². The van der Waals surface area contributed by atoms with E-state index in [-0.39, 0.29) is 24.4 Å². The van der Waals surface area contributed by atoms with Crippen LogP contribution in [0.4, 0.5) is 13.2 Å². The minimum atomic E-state index is -1.48. The van der Waals surface area contributed by atoms with Crippen LogP contribution >= 0.6 is 0 Å². The van der Waals surface area contributed by atoms with Crippen LogP contribution in [-0.2, 0) is 9.53 Å². The second-order valence-electron chi connectivity index (χ2n) is 5.58. The van der Waals surface area contributed by atoms with Gasteiger partial charge in [0.25, 0.3) is 0 Å². The molecule has 0 bridgehead atoms. The monoisotopic (exact) mass is 330 g/mol. The molecule has 1 amide bonds. The average Bonchev–Trinajstić information content (AvgIpc) is 2.92. The molecule has 0 saturated carbocycles. The molecule has 1 fully saturated rings. The summed E-state index contributed by atoms with van der Waals surface area (Å²) in [5.74, 6) is -4.09. The van der Waals surface area contributed by atoms with Crippen LogP contribution in [0.5, 0.6) is 0 Å². The molecule has 1 saturated heterocycles. The summed E-state index contributed by atoms with van der Waals surface area (Å²) in [4.78, 5) is 13.9. The molecule has 0 unspecified atom stereocenters. The van der Waals surface area contributed by atoms with Gasteiger partial charge in [-0.05, 0) is 30.7 Å². The van der Waals surface area contributed by atoms with Crippen LogP contribution in [0.15, 0.2) is 12.1 Å². The second kappa shape index (κ2) is 7.79. The number of carbonyl (C=O) groups is 1. The first-order valence-electron chi connectivity index (χ1n) is 7.64. The van der Waals surface area contributed by atoms with Crippen molar-refractivity contribution in [3.63, 3.8) is 0 Å². The molecule has 0 spiro atoms. The van der Waals surface area contributed by atoms with E-state index >= 15 is 0 Å². The van der Waals surface area contributed by atoms with Gasteiger partial charge >= 0.3 is 0 Å². The van der Waals surface area contributed by atoms with Crippen molar-refractivity contribution in [1.82, 2.24) is 10.2 Å². The first-order valence-corrected chi connectivity index (χ1v) is 7.64. The average molecular weight is 330 g/mol. The minimum absolute atomic E-state index is 0.178. The second-order valence-corrected chi connectivity index (χ2v) is 5.58. The Hall–Kier alpha value is -1.60. The van der Waals surface area contributed by atoms with Gasteiger partial charge < -0.3 is 10.1 Å². The zero-order chi connectivity index (χ0) is 17.0. The van der Waals surface area contributed by atoms with E-state index in [1.807, 2.05) is 11.8 Å². The third-order valence-electron chi connectivity index (χ3n) is 4.14. The van der Waals surface area contributed by atoms with Gasteiger partial charge in [0.05, 0.1) is 12.6 Å². The van der Waals surface area contributed by atoms with Gasteiger partial charge in [-0.3, -0.25) is 9.69 Å². The summed E-state index contributed by atoms with van der Waals surface area (Å²) >= 11 is 0. The summed E-state index contributed by atoms with van der Waals surface area (Å²) in [6.45, 7) is 3.59. The Morgan fingerprint density at radius 3 is 2.57 bits per heavy atom. The highest BCUT2D eigenvalue weighted by atomic mass is 19.2. The lowest BCUT2D eigenvalue weighted by Gasteiger charge is -2.28. The smallest absolute Gasteiger partial charge is 0.222 e. The molecule has 1 N–H and O–H groups in total. The maximum atomic E-state index is 13.5. The summed E-state index contributed by atoms with van der Waals surface area (Å²) in [6.07, 6.45) is 0.885. The largest absolute Gasteiger partial charge is 0.384 e. The lowest BCUT2D eigenvalue weighted by molar-refractivity contribution is -0.122. The van der Waals surface area contributed by atoms with Gasteiger partial charge in [0, 0.05) is 26.1 Å². The minimum Gasteiger partial charge on any atom is -0.384 e. The van der Waals surface area contributed by atoms with E-state index in [2.05, 4.69) is 5.32 Å². The van der Waals surface area contributed by atoms with Gasteiger partial charge in [-0.2, -0.15) is 0 Å². The predicted octanol–water partition coefficient (Wildman–Crippen LogP) is 2.39. The molecule has 7 heteroatoms. The number of rotatable bonds is 6. The Balaban J connectivity index is 2.22. The van der Waals surface area contributed by atoms with Gasteiger partial charge in [0.2, 0.25) is 5.91 Å². The Morgan fingerprint density at radius 2 is 2.00 bits per heavy atom. The number of nitrogens with zero attached hydrogens (tertiary/aromatic N) is 1. The number of methoxy groups -OCH3 is 1. The fraction of sp³-hybridized carbons (Fsp3) is 0.562. The molecule has 128 valence electrons. The molecule has 2 rings (SSSR count). The van der Waals surface area contributed by atoms with E-state index in [0.717, 1.165) is 12.1 Å². The topological polar surface area (TPSA) is 41.6 Å². The van der Waals surface area contributed by atoms with Crippen LogP contribution in [0, 0.1) is 17.5 Å². The Kier molecular flexibility index (Phi) is 6.01. The highest BCUT2D eigenvalue weighted by Crippen LogP contribution is 2.33. The van der Waals surface area contributed by atoms with Crippen molar-refractivity contribution in [2.75, 3.05) is 26.8 Å². The first-order chi connectivity index (χ1) is 11.0. The molecular weight excluding hydrogens is 309 g/mol. The maximum Gasteiger partial charge on any atom is 0.222 e. The van der Waals surface area contributed by atoms with Crippen LogP contribution in [0.3, 0.4) is 0 Å². The first kappa shape index (κ1) is 17.7. The van der Waals surface area contributed by atoms with Crippen molar-refractivity contribution in [3.8, 4) is 0 Å². The number of carbonyl (C=O) groups excluding carboxylic acids is 1. The number of hydrogen-bond donors (Lipinski definition) is 1. The fourth-order valence-electron chi connectivity index (χ4n) is 3.02. The Morgan fingerprint density at radius 1 is 1.35 bits per heavy atom. The van der Waals surface area contributed by atoms with Crippen molar-refractivity contribution < 1.29 is 22.7 Å². The Bertz CT molecular complexity index is 545. The zero-order valence-electron chi connectivity index (χ0n) is 13.2. The highest BCUT2D eigenvalue weighted by Gasteiger charge is 2.36. The summed E-state index contributed by atoms with van der Waals surface area (Å²) in [6, 6.07) is 1.36. The predicted molar refractivity (Wildman–Crippen MR) is 79.3 cm³/mol. The molecule has 4 nitrogen and oxygen atoms in total. The van der Waals surface area contributed by atoms with E-state index in [1.165, 1.54) is 7.11 Å². The van der Waals surface area contributed by atoms with Crippen LogP contribution in [0.1, 0.15) is 31.4 Å². The molecule has 1 aliphatic heterocycles. The summed E-state index contributed by atoms with van der Waals surface area (Å²) in [5.41, 5.74) is 0.331. The van der Waals surface area contributed by atoms with Crippen LogP contribution in [0.2, 0.25) is 0 Å². The van der Waals surface area contributed by atoms with Gasteiger partial charge in [-0.15, -0.1) is 0 Å². The lowest BCUT2D eigenvalue weighted by atomic mass is 9.99. The molecule has 1 aromatic carbocycles. The number of amides is 1. The van der Waals surface area contributed by atoms with E-state index < -0.39 is 17.5 Å². The van der Waals surface area contributed by atoms with Gasteiger partial charge in [0.1, 0.15) is 0 Å². The molecule has 0 aliphatic carbocycles. The van der Waals surface area contributed by atoms with Gasteiger partial charge in [0.15, 0.2) is 17.5 Å². The fourth-order valence-corrected chi connectivity index (χ4v) is 3.02. The lowest BCUT2D eigenvalue weighted by Crippen LogP contribution is -2.40. The number of ether oxygens (including phenoxy) is 1. The Labute approximate surface area is 133 Å². The molecule has 2 atom stereocenters. The van der Waals surface area contributed by atoms with Crippen LogP contribution in [-0.4, -0.2) is 43.7 Å². The summed E-state index contributed by atoms with van der Waals surface area (Å²) in [7, 11) is 1.51. The van der Waals surface area contributed by atoms with Crippen molar-refractivity contribution in [1.29, 1.82) is 0 Å². The molecule has 0 aromatic heterocycles. The summed E-state index contributed by atoms with van der Waals surface area (Å²) < 4.78 is 45.1. The summed E-state index contributed by atoms with van der Waals surface area (Å²) in [5, 5.41) is 2.88. The number of benzene rings is 1. The van der Waals surface area contributed by atoms with E-state index in [0.29, 0.717) is 31.7 Å². The normalized spacial score (nSPS) is 21.6. The number of likely N-dealkylation sites (N-methyl/N-ethyl adjacent to an activating group) is 1. The van der Waals surface area contributed by atoms with E-state index in [1.54, 1.807) is 0 Å². The SMILES string of the molecule is CCN1CC[C@@H](NC(=O)CCOC)[C@@H]1c1cc(F)c(F)c(F)c1. The van der Waals surface area contributed by atoms with Gasteiger partial charge in [-0.25, -0.2) is 13.2 Å². The molecular formula is C16H21F3N2O2. The van der Waals surface area contributed by atoms with Crippen molar-refractivity contribution in [2.45, 2.75) is 31.8 Å². The maximum absolute atomic E-state index is 13.5. The molecule has 1 aliphatic rings. The highest BCUT2D eigenvalue weighted by molar-refractivity contribution is 5.76.